The number of hydrogen-bond donors (Lipinski definition) is 4. The standard InChI is InChI=1S/C32H50N2O5S/c1-5-23-27-19-21(35)13-16-32(27,4)26-14-17-31(3)24(11-12-25(31)28(26)29(23)36)20(2)15-18-33-30(37)34-40(38,39)22-9-7-6-8-10-22/h6-10,20-21,23-29,35-36H,5,11-19H2,1-4H3,(H2,33,34,37)/t20-,21-,23-,24-,25+,26+,27+,28+,29-,31-,32-/m1/s1. The molecule has 224 valence electrons. The van der Waals surface area contributed by atoms with Crippen molar-refractivity contribution in [2.45, 2.75) is 103 Å². The Morgan fingerprint density at radius 3 is 2.38 bits per heavy atom. The third-order valence-corrected chi connectivity index (χ3v) is 13.7. The summed E-state index contributed by atoms with van der Waals surface area (Å²) in [7, 11) is -3.89. The van der Waals surface area contributed by atoms with Crippen LogP contribution >= 0.6 is 0 Å². The lowest BCUT2D eigenvalue weighted by Gasteiger charge is -2.64. The number of aliphatic hydroxyl groups is 2. The minimum Gasteiger partial charge on any atom is -0.393 e. The molecule has 4 aliphatic rings. The summed E-state index contributed by atoms with van der Waals surface area (Å²) in [6.45, 7) is 9.84. The highest BCUT2D eigenvalue weighted by atomic mass is 32.2. The van der Waals surface area contributed by atoms with Crippen LogP contribution in [-0.2, 0) is 10.0 Å². The first-order valence-electron chi connectivity index (χ1n) is 15.6. The molecular weight excluding hydrogens is 524 g/mol. The van der Waals surface area contributed by atoms with Gasteiger partial charge in [0.1, 0.15) is 0 Å². The number of carbonyl (C=O) groups excluding carboxylic acids is 1. The maximum Gasteiger partial charge on any atom is 0.328 e. The summed E-state index contributed by atoms with van der Waals surface area (Å²) in [5, 5.41) is 25.2. The molecule has 2 amide bonds. The van der Waals surface area contributed by atoms with Gasteiger partial charge in [-0.05, 0) is 116 Å². The summed E-state index contributed by atoms with van der Waals surface area (Å²) in [6, 6.07) is 7.23. The fraction of sp³-hybridized carbons (Fsp3) is 0.781. The van der Waals surface area contributed by atoms with Crippen molar-refractivity contribution in [1.82, 2.24) is 10.0 Å². The van der Waals surface area contributed by atoms with Gasteiger partial charge in [0.05, 0.1) is 17.1 Å². The molecule has 4 saturated carbocycles. The second kappa shape index (κ2) is 11.2. The average molecular weight is 575 g/mol. The van der Waals surface area contributed by atoms with Crippen molar-refractivity contribution in [3.8, 4) is 0 Å². The highest BCUT2D eigenvalue weighted by Crippen LogP contribution is 2.69. The van der Waals surface area contributed by atoms with E-state index < -0.39 is 16.1 Å². The summed E-state index contributed by atoms with van der Waals surface area (Å²) in [5.41, 5.74) is 0.363. The van der Waals surface area contributed by atoms with Crippen LogP contribution < -0.4 is 10.0 Å². The molecular formula is C32H50N2O5S. The van der Waals surface area contributed by atoms with E-state index in [0.29, 0.717) is 42.1 Å². The minimum atomic E-state index is -3.89. The molecule has 0 heterocycles. The van der Waals surface area contributed by atoms with Gasteiger partial charge >= 0.3 is 6.03 Å². The maximum atomic E-state index is 12.5. The van der Waals surface area contributed by atoms with Crippen LogP contribution in [0.15, 0.2) is 35.2 Å². The predicted molar refractivity (Wildman–Crippen MR) is 156 cm³/mol. The molecule has 0 saturated heterocycles. The fourth-order valence-electron chi connectivity index (χ4n) is 10.4. The van der Waals surface area contributed by atoms with E-state index >= 15 is 0 Å². The van der Waals surface area contributed by atoms with Crippen LogP contribution in [0.5, 0.6) is 0 Å². The second-order valence-electron chi connectivity index (χ2n) is 14.1. The number of sulfonamides is 1. The molecule has 0 radical (unpaired) electrons. The van der Waals surface area contributed by atoms with Crippen LogP contribution in [0.1, 0.15) is 85.5 Å². The van der Waals surface area contributed by atoms with E-state index in [0.717, 1.165) is 51.4 Å². The lowest BCUT2D eigenvalue weighted by molar-refractivity contribution is -0.203. The van der Waals surface area contributed by atoms with Gasteiger partial charge in [0.15, 0.2) is 0 Å². The number of nitrogens with one attached hydrogen (secondary N) is 2. The van der Waals surface area contributed by atoms with E-state index in [-0.39, 0.29) is 33.9 Å². The number of urea groups is 1. The average Bonchev–Trinajstić information content (AvgIpc) is 3.27. The predicted octanol–water partition coefficient (Wildman–Crippen LogP) is 5.33. The fourth-order valence-corrected chi connectivity index (χ4v) is 11.3. The first-order chi connectivity index (χ1) is 18.9. The Morgan fingerprint density at radius 1 is 1.00 bits per heavy atom. The molecule has 11 atom stereocenters. The third kappa shape index (κ3) is 5.11. The van der Waals surface area contributed by atoms with Gasteiger partial charge in [-0.1, -0.05) is 52.3 Å². The van der Waals surface area contributed by atoms with Crippen molar-refractivity contribution < 1.29 is 23.4 Å². The molecule has 0 unspecified atom stereocenters. The van der Waals surface area contributed by atoms with Crippen molar-refractivity contribution in [3.05, 3.63) is 30.3 Å². The Labute approximate surface area is 241 Å². The maximum absolute atomic E-state index is 12.5. The molecule has 0 spiro atoms. The van der Waals surface area contributed by atoms with E-state index in [1.165, 1.54) is 18.6 Å². The van der Waals surface area contributed by atoms with Crippen LogP contribution in [0.25, 0.3) is 0 Å². The van der Waals surface area contributed by atoms with Gasteiger partial charge in [-0.15, -0.1) is 0 Å². The van der Waals surface area contributed by atoms with Crippen molar-refractivity contribution in [2.75, 3.05) is 6.54 Å². The number of amides is 2. The normalized spacial score (nSPS) is 41.8. The Hall–Kier alpha value is -1.64. The van der Waals surface area contributed by atoms with Gasteiger partial charge in [0.2, 0.25) is 0 Å². The molecule has 5 rings (SSSR count). The minimum absolute atomic E-state index is 0.0684. The Morgan fingerprint density at radius 2 is 1.68 bits per heavy atom. The summed E-state index contributed by atoms with van der Waals surface area (Å²) in [5.74, 6) is 2.91. The lowest BCUT2D eigenvalue weighted by atomic mass is 9.41. The molecule has 0 bridgehead atoms. The molecule has 1 aromatic carbocycles. The zero-order valence-corrected chi connectivity index (χ0v) is 25.5. The molecule has 40 heavy (non-hydrogen) atoms. The Kier molecular flexibility index (Phi) is 8.37. The van der Waals surface area contributed by atoms with Crippen molar-refractivity contribution >= 4 is 16.1 Å². The van der Waals surface area contributed by atoms with E-state index in [9.17, 15) is 23.4 Å². The van der Waals surface area contributed by atoms with Gasteiger partial charge in [0, 0.05) is 6.54 Å². The number of fused-ring (bicyclic) bond motifs is 5. The van der Waals surface area contributed by atoms with Crippen molar-refractivity contribution in [3.63, 3.8) is 0 Å². The number of aliphatic hydroxyl groups excluding tert-OH is 2. The zero-order chi connectivity index (χ0) is 28.9. The van der Waals surface area contributed by atoms with Crippen LogP contribution in [0.3, 0.4) is 0 Å². The van der Waals surface area contributed by atoms with Crippen LogP contribution in [0, 0.1) is 52.3 Å². The van der Waals surface area contributed by atoms with Crippen LogP contribution in [0.2, 0.25) is 0 Å². The second-order valence-corrected chi connectivity index (χ2v) is 15.7. The summed E-state index contributed by atoms with van der Waals surface area (Å²) < 4.78 is 27.0. The molecule has 1 aromatic rings. The molecule has 0 aliphatic heterocycles. The lowest BCUT2D eigenvalue weighted by Crippen LogP contribution is -2.62. The first kappa shape index (κ1) is 29.8. The van der Waals surface area contributed by atoms with E-state index in [1.54, 1.807) is 18.2 Å². The van der Waals surface area contributed by atoms with Gasteiger partial charge in [0.25, 0.3) is 10.0 Å². The molecule has 4 aliphatic carbocycles. The first-order valence-corrected chi connectivity index (χ1v) is 17.1. The quantitative estimate of drug-likeness (QED) is 0.352. The smallest absolute Gasteiger partial charge is 0.328 e. The number of carbonyl (C=O) groups is 1. The summed E-state index contributed by atoms with van der Waals surface area (Å²) in [6.07, 6.45) is 8.63. The number of benzene rings is 1. The van der Waals surface area contributed by atoms with Gasteiger partial charge < -0.3 is 15.5 Å². The largest absolute Gasteiger partial charge is 0.393 e. The Balaban J connectivity index is 1.22. The monoisotopic (exact) mass is 574 g/mol. The highest BCUT2D eigenvalue weighted by Gasteiger charge is 2.64. The van der Waals surface area contributed by atoms with Crippen molar-refractivity contribution in [2.24, 2.45) is 52.3 Å². The van der Waals surface area contributed by atoms with Crippen LogP contribution in [-0.4, -0.2) is 43.4 Å². The van der Waals surface area contributed by atoms with E-state index in [4.69, 9.17) is 0 Å². The molecule has 4 N–H and O–H groups in total. The van der Waals surface area contributed by atoms with Crippen molar-refractivity contribution in [1.29, 1.82) is 0 Å². The van der Waals surface area contributed by atoms with Gasteiger partial charge in [-0.3, -0.25) is 0 Å². The topological polar surface area (TPSA) is 116 Å². The molecule has 8 heteroatoms. The molecule has 7 nitrogen and oxygen atoms in total. The summed E-state index contributed by atoms with van der Waals surface area (Å²) in [4.78, 5) is 12.5. The highest BCUT2D eigenvalue weighted by molar-refractivity contribution is 7.90. The van der Waals surface area contributed by atoms with E-state index in [1.807, 2.05) is 0 Å². The Bertz CT molecular complexity index is 1160. The molecule has 0 aromatic heterocycles. The summed E-state index contributed by atoms with van der Waals surface area (Å²) >= 11 is 0. The third-order valence-electron chi connectivity index (χ3n) is 12.3. The SMILES string of the molecule is CC[C@H]1[C@@H](O)[C@@H]2[C@H](CC[C@]3(C)[C@@H]([C@H](C)CCNC(=O)NS(=O)(=O)c4ccccc4)CC[C@@H]23)[C@@]2(C)CC[C@@H](O)C[C@@H]12. The number of rotatable bonds is 7. The van der Waals surface area contributed by atoms with Gasteiger partial charge in [-0.2, -0.15) is 0 Å². The van der Waals surface area contributed by atoms with Gasteiger partial charge in [-0.25, -0.2) is 17.9 Å². The van der Waals surface area contributed by atoms with E-state index in [2.05, 4.69) is 37.7 Å². The molecule has 4 fully saturated rings. The number of hydrogen-bond acceptors (Lipinski definition) is 5. The van der Waals surface area contributed by atoms with Crippen LogP contribution in [0.4, 0.5) is 4.79 Å². The zero-order valence-electron chi connectivity index (χ0n) is 24.7.